The van der Waals surface area contributed by atoms with Gasteiger partial charge in [0.25, 0.3) is 0 Å². The summed E-state index contributed by atoms with van der Waals surface area (Å²) in [6, 6.07) is -0.978. The molecule has 0 aromatic carbocycles. The van der Waals surface area contributed by atoms with E-state index >= 15 is 0 Å². The molecular formula is C44H50N6O9. The summed E-state index contributed by atoms with van der Waals surface area (Å²) in [7, 11) is 2.83. The van der Waals surface area contributed by atoms with Gasteiger partial charge in [-0.05, 0) is 92.3 Å². The lowest BCUT2D eigenvalue weighted by atomic mass is 10.2. The summed E-state index contributed by atoms with van der Waals surface area (Å²) in [5.74, 6) is 38.6. The van der Waals surface area contributed by atoms with E-state index in [1.807, 2.05) is 0 Å². The van der Waals surface area contributed by atoms with Gasteiger partial charge in [0.1, 0.15) is 12.7 Å². The summed E-state index contributed by atoms with van der Waals surface area (Å²) in [4.78, 5) is 61.7. The maximum absolute atomic E-state index is 13.0. The van der Waals surface area contributed by atoms with Crippen molar-refractivity contribution >= 4 is 30.3 Å². The molecular weight excluding hydrogens is 757 g/mol. The monoisotopic (exact) mass is 806 g/mol. The fourth-order valence-electron chi connectivity index (χ4n) is 4.14. The molecule has 0 aliphatic heterocycles. The van der Waals surface area contributed by atoms with Gasteiger partial charge >= 0.3 is 30.3 Å². The van der Waals surface area contributed by atoms with Crippen LogP contribution in [0.3, 0.4) is 0 Å². The molecule has 15 nitrogen and oxygen atoms in total. The topological polar surface area (TPSA) is 186 Å². The van der Waals surface area contributed by atoms with Crippen LogP contribution >= 0.6 is 0 Å². The zero-order valence-electron chi connectivity index (χ0n) is 33.6. The lowest BCUT2D eigenvalue weighted by Crippen LogP contribution is -2.49. The van der Waals surface area contributed by atoms with Gasteiger partial charge < -0.3 is 45.5 Å². The van der Waals surface area contributed by atoms with Gasteiger partial charge in [-0.25, -0.2) is 28.9 Å². The first kappa shape index (κ1) is 51.5. The van der Waals surface area contributed by atoms with Gasteiger partial charge in [0.05, 0.1) is 13.7 Å². The molecule has 0 atom stereocenters. The largest absolute Gasteiger partial charge is 0.453 e. The zero-order chi connectivity index (χ0) is 43.3. The summed E-state index contributed by atoms with van der Waals surface area (Å²) >= 11 is 0. The zero-order valence-corrected chi connectivity index (χ0v) is 33.6. The Labute approximate surface area is 348 Å². The van der Waals surface area contributed by atoms with Gasteiger partial charge in [-0.1, -0.05) is 25.7 Å². The predicted molar refractivity (Wildman–Crippen MR) is 221 cm³/mol. The summed E-state index contributed by atoms with van der Waals surface area (Å²) in [5.41, 5.74) is 0. The Hall–Kier alpha value is -7.45. The van der Waals surface area contributed by atoms with E-state index in [-0.39, 0.29) is 13.2 Å². The molecule has 59 heavy (non-hydrogen) atoms. The second-order valence-corrected chi connectivity index (χ2v) is 11.4. The number of nitrogens with zero attached hydrogens (tertiary/aromatic N) is 1. The number of methoxy groups -OCH3 is 2. The number of imide groups is 1. The Bertz CT molecular complexity index is 1900. The number of unbranched alkanes of at least 4 members (excludes halogenated alkanes) is 8. The summed E-state index contributed by atoms with van der Waals surface area (Å²) < 4.78 is 19.1. The quantitative estimate of drug-likeness (QED) is 0.0589. The van der Waals surface area contributed by atoms with Crippen LogP contribution in [0, 0.1) is 107 Å². The second-order valence-electron chi connectivity index (χ2n) is 11.4. The van der Waals surface area contributed by atoms with Crippen molar-refractivity contribution in [1.82, 2.24) is 31.5 Å². The number of hydrogen-bond donors (Lipinski definition) is 5. The highest BCUT2D eigenvalue weighted by atomic mass is 16.6. The van der Waals surface area contributed by atoms with Crippen molar-refractivity contribution in [3.8, 4) is 107 Å². The summed E-state index contributed by atoms with van der Waals surface area (Å²) in [6.07, 6.45) is 13.4. The Kier molecular flexibility index (Phi) is 35.1. The van der Waals surface area contributed by atoms with Crippen molar-refractivity contribution in [2.24, 2.45) is 0 Å². The first-order valence-corrected chi connectivity index (χ1v) is 18.8. The van der Waals surface area contributed by atoms with Crippen molar-refractivity contribution < 1.29 is 42.9 Å². The van der Waals surface area contributed by atoms with Crippen molar-refractivity contribution in [1.29, 1.82) is 0 Å². The maximum atomic E-state index is 13.0. The number of amides is 7. The number of rotatable bonds is 23. The molecule has 0 aromatic heterocycles. The first-order valence-electron chi connectivity index (χ1n) is 18.8. The van der Waals surface area contributed by atoms with E-state index in [9.17, 15) is 24.0 Å². The number of nitrogens with one attached hydrogen (secondary N) is 5. The Morgan fingerprint density at radius 2 is 0.847 bits per heavy atom. The Morgan fingerprint density at radius 3 is 1.31 bits per heavy atom. The van der Waals surface area contributed by atoms with Gasteiger partial charge in [-0.3, -0.25) is 0 Å². The fraction of sp³-hybridized carbons (Fsp3) is 0.477. The Balaban J connectivity index is 4.51. The highest BCUT2D eigenvalue weighted by Gasteiger charge is 2.20. The molecule has 5 N–H and O–H groups in total. The van der Waals surface area contributed by atoms with Gasteiger partial charge in [-0.2, -0.15) is 0 Å². The molecule has 0 bridgehead atoms. The highest BCUT2D eigenvalue weighted by Crippen LogP contribution is 2.04. The van der Waals surface area contributed by atoms with E-state index in [1.54, 1.807) is 0 Å². The third kappa shape index (κ3) is 36.0. The molecule has 0 aliphatic rings. The first-order chi connectivity index (χ1) is 28.8. The molecule has 0 aromatic rings. The maximum Gasteiger partial charge on any atom is 0.421 e. The number of ether oxygens (including phenoxy) is 4. The van der Waals surface area contributed by atoms with E-state index in [0.29, 0.717) is 71.4 Å². The van der Waals surface area contributed by atoms with Crippen LogP contribution in [0.2, 0.25) is 0 Å². The minimum atomic E-state index is -0.730. The molecule has 0 heterocycles. The number of alkyl carbamates (subject to hydrolysis) is 3. The minimum absolute atomic E-state index is 0.192. The van der Waals surface area contributed by atoms with Gasteiger partial charge in [-0.15, -0.1) is 6.42 Å². The minimum Gasteiger partial charge on any atom is -0.453 e. The van der Waals surface area contributed by atoms with Crippen LogP contribution in [0.4, 0.5) is 24.0 Å². The van der Waals surface area contributed by atoms with Crippen LogP contribution < -0.4 is 26.6 Å². The van der Waals surface area contributed by atoms with Gasteiger partial charge in [0.15, 0.2) is 0 Å². The molecule has 0 fully saturated rings. The van der Waals surface area contributed by atoms with E-state index in [1.165, 1.54) is 19.1 Å². The van der Waals surface area contributed by atoms with Gasteiger partial charge in [0.2, 0.25) is 0 Å². The molecule has 0 aliphatic carbocycles. The molecule has 0 spiro atoms. The second kappa shape index (κ2) is 40.2. The van der Waals surface area contributed by atoms with Crippen LogP contribution in [0.1, 0.15) is 70.6 Å². The van der Waals surface area contributed by atoms with Crippen LogP contribution in [0.15, 0.2) is 0 Å². The predicted octanol–water partition coefficient (Wildman–Crippen LogP) is 3.07. The van der Waals surface area contributed by atoms with Crippen molar-refractivity contribution in [2.45, 2.75) is 70.6 Å². The number of urea groups is 2. The number of carbonyl (C=O) groups excluding carboxylic acids is 5. The lowest BCUT2D eigenvalue weighted by molar-refractivity contribution is 0.0985. The average Bonchev–Trinajstić information content (AvgIpc) is 3.23. The molecule has 0 saturated heterocycles. The molecule has 7 amide bonds. The molecule has 0 saturated carbocycles. The highest BCUT2D eigenvalue weighted by molar-refractivity contribution is 5.93. The number of terminal acetylenes is 1. The van der Waals surface area contributed by atoms with Crippen LogP contribution in [-0.2, 0) is 18.9 Å². The molecule has 0 unspecified atom stereocenters. The number of carbonyl (C=O) groups is 5. The molecule has 15 heteroatoms. The molecule has 0 rings (SSSR count). The van der Waals surface area contributed by atoms with Crippen molar-refractivity contribution in [3.05, 3.63) is 0 Å². The van der Waals surface area contributed by atoms with Crippen LogP contribution in [0.25, 0.3) is 0 Å². The van der Waals surface area contributed by atoms with Gasteiger partial charge in [0, 0.05) is 93.7 Å². The molecule has 0 radical (unpaired) electrons. The fourth-order valence-corrected chi connectivity index (χ4v) is 4.14. The summed E-state index contributed by atoms with van der Waals surface area (Å²) in [6.45, 7) is 2.77. The van der Waals surface area contributed by atoms with Crippen LogP contribution in [0.5, 0.6) is 0 Å². The van der Waals surface area contributed by atoms with Crippen molar-refractivity contribution in [2.75, 3.05) is 66.7 Å². The third-order valence-electron chi connectivity index (χ3n) is 6.96. The van der Waals surface area contributed by atoms with E-state index < -0.39 is 30.3 Å². The summed E-state index contributed by atoms with van der Waals surface area (Å²) in [5, 5.41) is 13.5. The van der Waals surface area contributed by atoms with E-state index in [0.717, 1.165) is 38.5 Å². The van der Waals surface area contributed by atoms with E-state index in [4.69, 9.17) is 20.6 Å². The average molecular weight is 807 g/mol. The normalized spacial score (nSPS) is 8.42. The smallest absolute Gasteiger partial charge is 0.421 e. The number of hydrogen-bond acceptors (Lipinski definition) is 9. The third-order valence-corrected chi connectivity index (χ3v) is 6.96. The molecule has 310 valence electrons. The SMILES string of the molecule is C#CC#CC#CC#CC#CC#CC#CC#CC#COC(=O)NCCCCCNC(=O)N(CCCCCCNC(=O)OC)C(=O)NCCCCCCNC(=O)OCCOC. The van der Waals surface area contributed by atoms with E-state index in [2.05, 4.69) is 132 Å². The van der Waals surface area contributed by atoms with Crippen LogP contribution in [-0.4, -0.2) is 102 Å². The Morgan fingerprint density at radius 1 is 0.458 bits per heavy atom. The lowest BCUT2D eigenvalue weighted by Gasteiger charge is -2.22. The van der Waals surface area contributed by atoms with Crippen molar-refractivity contribution in [3.63, 3.8) is 0 Å². The standard InChI is InChI=1S/C44H50N6O9/c1-4-5-6-7-8-9-10-11-12-13-14-15-16-17-22-30-37-58-43(54)48-35-28-23-27-32-46-41(52)50(36-29-21-20-26-33-47-42(53)57-3)40(51)45-31-24-18-19-25-34-49-44(55)59-39-38-56-2/h1H,18-21,23-29,31-36,38-39H2,2-3H3,(H,45,51)(H,46,52)(H,47,53)(H,48,54)(H,49,55).